The number of halogens is 4. The highest BCUT2D eigenvalue weighted by Gasteiger charge is 2.43. The molecule has 0 amide bonds. The highest BCUT2D eigenvalue weighted by Crippen LogP contribution is 2.42. The summed E-state index contributed by atoms with van der Waals surface area (Å²) in [5.74, 6) is -1.36. The fraction of sp³-hybridized carbons (Fsp3) is 0.600. The van der Waals surface area contributed by atoms with Crippen LogP contribution in [0.5, 0.6) is 0 Å². The van der Waals surface area contributed by atoms with Gasteiger partial charge in [-0.15, -0.1) is 0 Å². The maximum atomic E-state index is 13.7. The number of hydrogen-bond acceptors (Lipinski definition) is 2. The largest absolute Gasteiger partial charge is 0.419 e. The van der Waals surface area contributed by atoms with Crippen LogP contribution in [0, 0.1) is 5.82 Å². The van der Waals surface area contributed by atoms with Crippen LogP contribution in [0.25, 0.3) is 0 Å². The third-order valence-electron chi connectivity index (χ3n) is 4.19. The van der Waals surface area contributed by atoms with Crippen LogP contribution in [0.2, 0.25) is 0 Å². The predicted molar refractivity (Wildman–Crippen MR) is 69.2 cm³/mol. The van der Waals surface area contributed by atoms with Crippen molar-refractivity contribution >= 4 is 0 Å². The number of benzene rings is 1. The Morgan fingerprint density at radius 3 is 2.52 bits per heavy atom. The van der Waals surface area contributed by atoms with Crippen molar-refractivity contribution in [1.29, 1.82) is 0 Å². The Morgan fingerprint density at radius 1 is 1.33 bits per heavy atom. The Labute approximate surface area is 120 Å². The van der Waals surface area contributed by atoms with Crippen LogP contribution in [0.3, 0.4) is 0 Å². The lowest BCUT2D eigenvalue weighted by atomic mass is 9.77. The summed E-state index contributed by atoms with van der Waals surface area (Å²) < 4.78 is 57.0. The van der Waals surface area contributed by atoms with Crippen molar-refractivity contribution in [3.63, 3.8) is 0 Å². The van der Waals surface area contributed by atoms with E-state index >= 15 is 0 Å². The second-order valence-corrected chi connectivity index (χ2v) is 5.80. The van der Waals surface area contributed by atoms with Crippen LogP contribution in [0.15, 0.2) is 18.2 Å². The minimum Gasteiger partial charge on any atom is -0.385 e. The average molecular weight is 306 g/mol. The minimum absolute atomic E-state index is 0.163. The summed E-state index contributed by atoms with van der Waals surface area (Å²) >= 11 is 0. The first-order valence-electron chi connectivity index (χ1n) is 6.83. The van der Waals surface area contributed by atoms with E-state index in [1.807, 2.05) is 13.8 Å². The van der Waals surface area contributed by atoms with Gasteiger partial charge < -0.3 is 9.84 Å². The molecule has 118 valence electrons. The zero-order chi connectivity index (χ0) is 15.9. The summed E-state index contributed by atoms with van der Waals surface area (Å²) in [6.07, 6.45) is -3.63. The van der Waals surface area contributed by atoms with Gasteiger partial charge in [-0.25, -0.2) is 4.39 Å². The molecule has 0 radical (unpaired) electrons. The molecule has 1 fully saturated rings. The van der Waals surface area contributed by atoms with Crippen LogP contribution < -0.4 is 0 Å². The molecule has 0 aromatic heterocycles. The molecule has 1 aliphatic rings. The van der Waals surface area contributed by atoms with E-state index in [9.17, 15) is 22.7 Å². The molecule has 2 unspecified atom stereocenters. The molecule has 1 aliphatic heterocycles. The van der Waals surface area contributed by atoms with Gasteiger partial charge in [0.05, 0.1) is 23.4 Å². The Balaban J connectivity index is 2.35. The fourth-order valence-corrected chi connectivity index (χ4v) is 2.73. The van der Waals surface area contributed by atoms with E-state index < -0.39 is 28.8 Å². The quantitative estimate of drug-likeness (QED) is 0.837. The van der Waals surface area contributed by atoms with Crippen molar-refractivity contribution in [2.24, 2.45) is 0 Å². The topological polar surface area (TPSA) is 29.5 Å². The van der Waals surface area contributed by atoms with Gasteiger partial charge in [0.1, 0.15) is 5.82 Å². The maximum absolute atomic E-state index is 13.7. The summed E-state index contributed by atoms with van der Waals surface area (Å²) in [4.78, 5) is 0. The number of hydrogen-bond donors (Lipinski definition) is 1. The molecule has 1 N–H and O–H groups in total. The molecule has 1 heterocycles. The van der Waals surface area contributed by atoms with Crippen LogP contribution in [-0.2, 0) is 16.5 Å². The standard InChI is InChI=1S/C15H18F4O2/c1-3-13(2)9-14(20,6-7-21-13)10-4-5-11(12(16)8-10)15(17,18)19/h4-5,8,20H,3,6-7,9H2,1-2H3. The van der Waals surface area contributed by atoms with E-state index in [-0.39, 0.29) is 25.0 Å². The summed E-state index contributed by atoms with van der Waals surface area (Å²) in [5.41, 5.74) is -3.09. The lowest BCUT2D eigenvalue weighted by molar-refractivity contribution is -0.158. The monoisotopic (exact) mass is 306 g/mol. The third-order valence-corrected chi connectivity index (χ3v) is 4.19. The van der Waals surface area contributed by atoms with E-state index in [0.29, 0.717) is 12.5 Å². The molecule has 1 saturated heterocycles. The van der Waals surface area contributed by atoms with Gasteiger partial charge in [-0.1, -0.05) is 13.0 Å². The molecule has 2 atom stereocenters. The van der Waals surface area contributed by atoms with Crippen LogP contribution in [-0.4, -0.2) is 17.3 Å². The Hall–Kier alpha value is -1.14. The summed E-state index contributed by atoms with van der Waals surface area (Å²) in [6.45, 7) is 4.01. The first-order chi connectivity index (χ1) is 9.60. The minimum atomic E-state index is -4.74. The molecule has 0 aliphatic carbocycles. The van der Waals surface area contributed by atoms with Crippen LogP contribution in [0.1, 0.15) is 44.2 Å². The number of aliphatic hydroxyl groups is 1. The van der Waals surface area contributed by atoms with Crippen molar-refractivity contribution in [3.8, 4) is 0 Å². The van der Waals surface area contributed by atoms with Gasteiger partial charge in [0.25, 0.3) is 0 Å². The second-order valence-electron chi connectivity index (χ2n) is 5.80. The molecule has 21 heavy (non-hydrogen) atoms. The highest BCUT2D eigenvalue weighted by atomic mass is 19.4. The molecule has 0 spiro atoms. The fourth-order valence-electron chi connectivity index (χ4n) is 2.73. The van der Waals surface area contributed by atoms with Crippen molar-refractivity contribution in [2.75, 3.05) is 6.61 Å². The van der Waals surface area contributed by atoms with Crippen LogP contribution in [0.4, 0.5) is 17.6 Å². The maximum Gasteiger partial charge on any atom is 0.419 e. The highest BCUT2D eigenvalue weighted by molar-refractivity contribution is 5.31. The molecular weight excluding hydrogens is 288 g/mol. The Morgan fingerprint density at radius 2 is 2.00 bits per heavy atom. The number of rotatable bonds is 2. The second kappa shape index (κ2) is 5.25. The Kier molecular flexibility index (Phi) is 4.06. The normalized spacial score (nSPS) is 30.4. The lowest BCUT2D eigenvalue weighted by Gasteiger charge is -2.43. The van der Waals surface area contributed by atoms with Gasteiger partial charge in [0.15, 0.2) is 0 Å². The molecule has 6 heteroatoms. The first-order valence-corrected chi connectivity index (χ1v) is 6.83. The molecule has 0 saturated carbocycles. The molecule has 1 aromatic carbocycles. The summed E-state index contributed by atoms with van der Waals surface area (Å²) in [7, 11) is 0. The number of ether oxygens (including phenoxy) is 1. The zero-order valence-corrected chi connectivity index (χ0v) is 11.9. The van der Waals surface area contributed by atoms with Gasteiger partial charge in [-0.05, 0) is 31.0 Å². The summed E-state index contributed by atoms with van der Waals surface area (Å²) in [5, 5.41) is 10.7. The van der Waals surface area contributed by atoms with Crippen molar-refractivity contribution in [1.82, 2.24) is 0 Å². The number of alkyl halides is 3. The van der Waals surface area contributed by atoms with Gasteiger partial charge >= 0.3 is 6.18 Å². The van der Waals surface area contributed by atoms with Gasteiger partial charge in [0.2, 0.25) is 0 Å². The van der Waals surface area contributed by atoms with E-state index in [4.69, 9.17) is 4.74 Å². The van der Waals surface area contributed by atoms with Crippen molar-refractivity contribution in [3.05, 3.63) is 35.1 Å². The van der Waals surface area contributed by atoms with E-state index in [1.165, 1.54) is 0 Å². The van der Waals surface area contributed by atoms with E-state index in [2.05, 4.69) is 0 Å². The molecule has 2 nitrogen and oxygen atoms in total. The third kappa shape index (κ3) is 3.21. The van der Waals surface area contributed by atoms with Crippen molar-refractivity contribution < 1.29 is 27.4 Å². The van der Waals surface area contributed by atoms with E-state index in [0.717, 1.165) is 12.1 Å². The van der Waals surface area contributed by atoms with Gasteiger partial charge in [-0.3, -0.25) is 0 Å². The van der Waals surface area contributed by atoms with Crippen molar-refractivity contribution in [2.45, 2.75) is 50.5 Å². The SMILES string of the molecule is CCC1(C)CC(O)(c2ccc(C(F)(F)F)c(F)c2)CCO1. The molecular formula is C15H18F4O2. The first kappa shape index (κ1) is 16.2. The lowest BCUT2D eigenvalue weighted by Crippen LogP contribution is -2.45. The smallest absolute Gasteiger partial charge is 0.385 e. The molecule has 1 aromatic rings. The summed E-state index contributed by atoms with van der Waals surface area (Å²) in [6, 6.07) is 2.61. The zero-order valence-electron chi connectivity index (χ0n) is 11.9. The molecule has 0 bridgehead atoms. The Bertz CT molecular complexity index is 529. The van der Waals surface area contributed by atoms with Crippen LogP contribution >= 0.6 is 0 Å². The average Bonchev–Trinajstić information content (AvgIpc) is 2.37. The molecule has 2 rings (SSSR count). The van der Waals surface area contributed by atoms with E-state index in [1.54, 1.807) is 0 Å². The van der Waals surface area contributed by atoms with Gasteiger partial charge in [0, 0.05) is 12.8 Å². The van der Waals surface area contributed by atoms with Gasteiger partial charge in [-0.2, -0.15) is 13.2 Å². The predicted octanol–water partition coefficient (Wildman–Crippen LogP) is 4.01.